The molecular formula is C26H47N3O13. The summed E-state index contributed by atoms with van der Waals surface area (Å²) >= 11 is 0. The summed E-state index contributed by atoms with van der Waals surface area (Å²) in [4.78, 5) is 75.0. The zero-order valence-electron chi connectivity index (χ0n) is 25.8. The number of hydrogen-bond donors (Lipinski definition) is 6. The first-order valence-corrected chi connectivity index (χ1v) is 12.8. The van der Waals surface area contributed by atoms with Gasteiger partial charge >= 0.3 is 35.8 Å². The maximum absolute atomic E-state index is 11.5. The van der Waals surface area contributed by atoms with E-state index in [1.54, 1.807) is 62.3 Å². The van der Waals surface area contributed by atoms with Crippen molar-refractivity contribution in [2.45, 2.75) is 117 Å². The van der Waals surface area contributed by atoms with E-state index in [0.29, 0.717) is 0 Å². The van der Waals surface area contributed by atoms with Crippen LogP contribution in [0.3, 0.4) is 0 Å². The molecule has 0 spiro atoms. The molecule has 0 radical (unpaired) electrons. The number of nitrogens with two attached hydrogens (primary N) is 2. The molecule has 0 bridgehead atoms. The highest BCUT2D eigenvalue weighted by molar-refractivity contribution is 5.87. The number of nitrogens with one attached hydrogen (secondary N) is 1. The van der Waals surface area contributed by atoms with E-state index < -0.39 is 77.0 Å². The quantitative estimate of drug-likeness (QED) is 0.138. The molecule has 42 heavy (non-hydrogen) atoms. The minimum Gasteiger partial charge on any atom is -0.481 e. The average Bonchev–Trinajstić information content (AvgIpc) is 2.74. The van der Waals surface area contributed by atoms with Crippen molar-refractivity contribution in [3.63, 3.8) is 0 Å². The average molecular weight is 610 g/mol. The van der Waals surface area contributed by atoms with Gasteiger partial charge in [0, 0.05) is 0 Å². The number of rotatable bonds is 11. The normalized spacial score (nSPS) is 12.5. The lowest BCUT2D eigenvalue weighted by atomic mass is 10.1. The second kappa shape index (κ2) is 19.4. The molecule has 0 rings (SSSR count). The molecule has 0 heterocycles. The van der Waals surface area contributed by atoms with Crippen molar-refractivity contribution < 1.29 is 63.1 Å². The van der Waals surface area contributed by atoms with Gasteiger partial charge in [-0.15, -0.1) is 0 Å². The minimum absolute atomic E-state index is 0.0629. The van der Waals surface area contributed by atoms with Crippen molar-refractivity contribution in [1.82, 2.24) is 5.32 Å². The van der Waals surface area contributed by atoms with Crippen LogP contribution in [0.5, 0.6) is 0 Å². The SMILES string of the molecule is CC(C)(C)OC(=O)CC(N)C(=O)OC(C)(C)C.CC(C)(C)OC(=O)CCC(=O)O.NCC(=O)NC(CC(=O)O)C(=O)O. The maximum Gasteiger partial charge on any atom is 0.326 e. The molecule has 244 valence electrons. The van der Waals surface area contributed by atoms with Gasteiger partial charge in [0.2, 0.25) is 5.91 Å². The summed E-state index contributed by atoms with van der Waals surface area (Å²) < 4.78 is 15.0. The van der Waals surface area contributed by atoms with Crippen LogP contribution < -0.4 is 16.8 Å². The lowest BCUT2D eigenvalue weighted by Crippen LogP contribution is -2.44. The molecule has 2 atom stereocenters. The van der Waals surface area contributed by atoms with Gasteiger partial charge in [0.1, 0.15) is 28.9 Å². The molecule has 16 nitrogen and oxygen atoms in total. The minimum atomic E-state index is -1.42. The van der Waals surface area contributed by atoms with Gasteiger partial charge in [-0.3, -0.25) is 28.8 Å². The molecule has 0 aromatic carbocycles. The first-order chi connectivity index (χ1) is 18.7. The van der Waals surface area contributed by atoms with E-state index in [4.69, 9.17) is 41.0 Å². The fourth-order valence-corrected chi connectivity index (χ4v) is 2.25. The Morgan fingerprint density at radius 2 is 1.10 bits per heavy atom. The van der Waals surface area contributed by atoms with Crippen LogP contribution in [-0.4, -0.2) is 92.5 Å². The summed E-state index contributed by atoms with van der Waals surface area (Å²) in [5.74, 6) is -5.95. The smallest absolute Gasteiger partial charge is 0.326 e. The Kier molecular flexibility index (Phi) is 19.7. The van der Waals surface area contributed by atoms with E-state index in [2.05, 4.69) is 0 Å². The largest absolute Gasteiger partial charge is 0.481 e. The predicted octanol–water partition coefficient (Wildman–Crippen LogP) is 0.569. The van der Waals surface area contributed by atoms with Gasteiger partial charge in [-0.1, -0.05) is 0 Å². The highest BCUT2D eigenvalue weighted by Gasteiger charge is 2.26. The third-order valence-corrected chi connectivity index (χ3v) is 3.68. The molecule has 0 aliphatic carbocycles. The van der Waals surface area contributed by atoms with Crippen LogP contribution in [0.2, 0.25) is 0 Å². The third-order valence-electron chi connectivity index (χ3n) is 3.68. The lowest BCUT2D eigenvalue weighted by molar-refractivity contribution is -0.163. The molecule has 0 fully saturated rings. The Bertz CT molecular complexity index is 929. The molecule has 0 aromatic heterocycles. The van der Waals surface area contributed by atoms with Crippen LogP contribution in [0.15, 0.2) is 0 Å². The zero-order valence-corrected chi connectivity index (χ0v) is 25.8. The van der Waals surface area contributed by atoms with E-state index in [1.165, 1.54) is 0 Å². The van der Waals surface area contributed by atoms with Crippen LogP contribution in [0.1, 0.15) is 88.0 Å². The summed E-state index contributed by atoms with van der Waals surface area (Å²) in [7, 11) is 0. The molecule has 8 N–H and O–H groups in total. The third kappa shape index (κ3) is 30.7. The van der Waals surface area contributed by atoms with Gasteiger partial charge in [-0.25, -0.2) is 4.79 Å². The molecule has 0 saturated heterocycles. The van der Waals surface area contributed by atoms with E-state index >= 15 is 0 Å². The molecule has 0 saturated carbocycles. The van der Waals surface area contributed by atoms with Crippen LogP contribution >= 0.6 is 0 Å². The number of amides is 1. The summed E-state index contributed by atoms with van der Waals surface area (Å²) in [6.45, 7) is 15.3. The lowest BCUT2D eigenvalue weighted by Gasteiger charge is -2.23. The van der Waals surface area contributed by atoms with E-state index in [9.17, 15) is 33.6 Å². The topological polar surface area (TPSA) is 272 Å². The fourth-order valence-electron chi connectivity index (χ4n) is 2.25. The number of aliphatic carboxylic acids is 3. The number of ether oxygens (including phenoxy) is 3. The Morgan fingerprint density at radius 3 is 1.43 bits per heavy atom. The molecule has 16 heteroatoms. The zero-order chi connectivity index (χ0) is 34.1. The van der Waals surface area contributed by atoms with Crippen molar-refractivity contribution in [2.75, 3.05) is 6.54 Å². The van der Waals surface area contributed by atoms with Crippen molar-refractivity contribution in [2.24, 2.45) is 11.5 Å². The Balaban J connectivity index is -0.000000554. The van der Waals surface area contributed by atoms with E-state index in [-0.39, 0.29) is 25.8 Å². The predicted molar refractivity (Wildman–Crippen MR) is 148 cm³/mol. The van der Waals surface area contributed by atoms with Crippen LogP contribution in [0, 0.1) is 0 Å². The van der Waals surface area contributed by atoms with Gasteiger partial charge in [-0.2, -0.15) is 0 Å². The van der Waals surface area contributed by atoms with Crippen molar-refractivity contribution in [3.8, 4) is 0 Å². The Labute approximate surface area is 245 Å². The maximum atomic E-state index is 11.5. The summed E-state index contributed by atoms with van der Waals surface area (Å²) in [6, 6.07) is -2.40. The number of carboxylic acid groups (broad SMARTS) is 3. The number of carboxylic acids is 3. The van der Waals surface area contributed by atoms with Crippen molar-refractivity contribution in [1.29, 1.82) is 0 Å². The first kappa shape index (κ1) is 42.7. The molecule has 1 amide bonds. The van der Waals surface area contributed by atoms with Gasteiger partial charge in [0.05, 0.1) is 32.2 Å². The first-order valence-electron chi connectivity index (χ1n) is 12.8. The van der Waals surface area contributed by atoms with Crippen LogP contribution in [0.4, 0.5) is 0 Å². The van der Waals surface area contributed by atoms with Gasteiger partial charge in [-0.05, 0) is 62.3 Å². The molecular weight excluding hydrogens is 562 g/mol. The van der Waals surface area contributed by atoms with Crippen molar-refractivity contribution in [3.05, 3.63) is 0 Å². The highest BCUT2D eigenvalue weighted by Crippen LogP contribution is 2.12. The Hall–Kier alpha value is -3.79. The standard InChI is InChI=1S/C12H23NO4.C8H14O4.C6H10N2O5/c1-11(2,3)16-9(14)7-8(13)10(15)17-12(4,5)6;1-8(2,3)12-7(11)5-4-6(9)10;7-2-4(9)8-3(6(12)13)1-5(10)11/h8H,7,13H2,1-6H3;4-5H2,1-3H3,(H,9,10);3H,1-2,7H2,(H,8,9)(H,10,11)(H,12,13). The molecule has 0 aromatic rings. The second-order valence-corrected chi connectivity index (χ2v) is 11.7. The van der Waals surface area contributed by atoms with Gasteiger partial charge in [0.15, 0.2) is 0 Å². The van der Waals surface area contributed by atoms with Crippen LogP contribution in [-0.2, 0) is 47.8 Å². The number of esters is 3. The monoisotopic (exact) mass is 609 g/mol. The number of carbonyl (C=O) groups is 7. The molecule has 0 aliphatic heterocycles. The Morgan fingerprint density at radius 1 is 0.667 bits per heavy atom. The highest BCUT2D eigenvalue weighted by atomic mass is 16.6. The molecule has 0 aliphatic rings. The fraction of sp³-hybridized carbons (Fsp3) is 0.731. The van der Waals surface area contributed by atoms with Crippen LogP contribution in [0.25, 0.3) is 0 Å². The van der Waals surface area contributed by atoms with Crippen molar-refractivity contribution >= 4 is 41.7 Å². The van der Waals surface area contributed by atoms with Gasteiger partial charge in [0.25, 0.3) is 0 Å². The summed E-state index contributed by atoms with van der Waals surface area (Å²) in [5, 5.41) is 26.9. The molecule has 2 unspecified atom stereocenters. The van der Waals surface area contributed by atoms with Gasteiger partial charge < -0.3 is 46.3 Å². The van der Waals surface area contributed by atoms with E-state index in [0.717, 1.165) is 0 Å². The summed E-state index contributed by atoms with van der Waals surface area (Å²) in [6.07, 6.45) is -1.07. The number of hydrogen-bond acceptors (Lipinski definition) is 12. The number of carbonyl (C=O) groups excluding carboxylic acids is 4. The second-order valence-electron chi connectivity index (χ2n) is 11.7. The summed E-state index contributed by atoms with van der Waals surface area (Å²) in [5.41, 5.74) is 8.75. The van der Waals surface area contributed by atoms with E-state index in [1.807, 2.05) is 5.32 Å².